The Hall–Kier alpha value is -3.10. The fourth-order valence-electron chi connectivity index (χ4n) is 3.48. The zero-order valence-electron chi connectivity index (χ0n) is 19.5. The average molecular weight is 493 g/mol. The van der Waals surface area contributed by atoms with Gasteiger partial charge >= 0.3 is 0 Å². The second-order valence-electron chi connectivity index (χ2n) is 7.81. The van der Waals surface area contributed by atoms with Crippen LogP contribution in [0.3, 0.4) is 0 Å². The predicted molar refractivity (Wildman–Crippen MR) is 140 cm³/mol. The Labute approximate surface area is 208 Å². The Morgan fingerprint density at radius 2 is 1.85 bits per heavy atom. The van der Waals surface area contributed by atoms with E-state index in [1.807, 2.05) is 65.4 Å². The highest BCUT2D eigenvalue weighted by Crippen LogP contribution is 2.31. The minimum atomic E-state index is -0.0831. The number of carbonyl (C=O) groups excluding carboxylic acids is 1. The Bertz CT molecular complexity index is 1200. The molecule has 1 atom stereocenters. The maximum absolute atomic E-state index is 12.7. The van der Waals surface area contributed by atoms with Gasteiger partial charge in [-0.3, -0.25) is 9.36 Å². The third-order valence-corrected chi connectivity index (χ3v) is 7.28. The predicted octanol–water partition coefficient (Wildman–Crippen LogP) is 6.64. The van der Waals surface area contributed by atoms with Gasteiger partial charge in [-0.15, -0.1) is 21.5 Å². The van der Waals surface area contributed by atoms with Crippen molar-refractivity contribution in [2.75, 3.05) is 17.7 Å². The number of nitrogens with one attached hydrogen (secondary N) is 1. The zero-order valence-corrected chi connectivity index (χ0v) is 21.2. The van der Waals surface area contributed by atoms with Crippen molar-refractivity contribution >= 4 is 34.7 Å². The van der Waals surface area contributed by atoms with E-state index in [4.69, 9.17) is 4.74 Å². The van der Waals surface area contributed by atoms with Crippen LogP contribution in [0, 0.1) is 0 Å². The van der Waals surface area contributed by atoms with Crippen LogP contribution in [-0.2, 0) is 4.79 Å². The van der Waals surface area contributed by atoms with Gasteiger partial charge in [-0.25, -0.2) is 0 Å². The molecule has 2 aromatic carbocycles. The van der Waals surface area contributed by atoms with Crippen molar-refractivity contribution in [2.45, 2.75) is 38.3 Å². The molecule has 0 bridgehead atoms. The highest BCUT2D eigenvalue weighted by atomic mass is 32.2. The van der Waals surface area contributed by atoms with Crippen LogP contribution < -0.4 is 10.1 Å². The fraction of sp³-hybridized carbons (Fsp3) is 0.269. The Kier molecular flexibility index (Phi) is 8.03. The van der Waals surface area contributed by atoms with Gasteiger partial charge in [0.15, 0.2) is 11.0 Å². The Balaban J connectivity index is 1.50. The molecule has 0 saturated carbocycles. The number of carbonyl (C=O) groups is 1. The molecule has 6 nitrogen and oxygen atoms in total. The van der Waals surface area contributed by atoms with Gasteiger partial charge in [0.05, 0.1) is 22.9 Å². The molecule has 0 spiro atoms. The fourth-order valence-corrected chi connectivity index (χ4v) is 4.93. The van der Waals surface area contributed by atoms with Crippen LogP contribution in [0.2, 0.25) is 0 Å². The summed E-state index contributed by atoms with van der Waals surface area (Å²) in [6.07, 6.45) is 1.09. The van der Waals surface area contributed by atoms with Crippen molar-refractivity contribution in [1.82, 2.24) is 14.8 Å². The molecule has 1 N–H and O–H groups in total. The maximum atomic E-state index is 12.7. The second-order valence-corrected chi connectivity index (χ2v) is 9.70. The van der Waals surface area contributed by atoms with Crippen molar-refractivity contribution in [1.29, 1.82) is 0 Å². The summed E-state index contributed by atoms with van der Waals surface area (Å²) < 4.78 is 7.56. The first-order valence-corrected chi connectivity index (χ1v) is 13.2. The topological polar surface area (TPSA) is 69.0 Å². The van der Waals surface area contributed by atoms with E-state index in [9.17, 15) is 4.79 Å². The lowest BCUT2D eigenvalue weighted by molar-refractivity contribution is -0.113. The molecule has 0 saturated heterocycles. The average Bonchev–Trinajstić information content (AvgIpc) is 3.53. The van der Waals surface area contributed by atoms with Crippen LogP contribution in [0.25, 0.3) is 16.4 Å². The Morgan fingerprint density at radius 1 is 1.09 bits per heavy atom. The minimum Gasteiger partial charge on any atom is -0.494 e. The number of hydrogen-bond donors (Lipinski definition) is 1. The van der Waals surface area contributed by atoms with E-state index in [0.717, 1.165) is 34.2 Å². The van der Waals surface area contributed by atoms with Crippen molar-refractivity contribution < 1.29 is 9.53 Å². The quantitative estimate of drug-likeness (QED) is 0.251. The molecule has 4 aromatic rings. The van der Waals surface area contributed by atoms with Crippen LogP contribution >= 0.6 is 23.1 Å². The van der Waals surface area contributed by atoms with E-state index >= 15 is 0 Å². The molecule has 0 aliphatic carbocycles. The van der Waals surface area contributed by atoms with Crippen LogP contribution in [0.1, 0.15) is 38.7 Å². The van der Waals surface area contributed by atoms with Crippen molar-refractivity contribution in [2.24, 2.45) is 0 Å². The van der Waals surface area contributed by atoms with E-state index in [1.165, 1.54) is 17.3 Å². The van der Waals surface area contributed by atoms with Crippen LogP contribution in [-0.4, -0.2) is 33.0 Å². The highest BCUT2D eigenvalue weighted by molar-refractivity contribution is 7.99. The number of benzene rings is 2. The SMILES string of the molecule is CCOc1ccc(-n2c(SCC(=O)Nc3ccc(C(C)CC)cc3)nnc2-c2cccs2)cc1. The molecule has 8 heteroatoms. The lowest BCUT2D eigenvalue weighted by Gasteiger charge is -2.12. The van der Waals surface area contributed by atoms with E-state index in [2.05, 4.69) is 41.5 Å². The van der Waals surface area contributed by atoms with Crippen molar-refractivity contribution in [3.8, 4) is 22.1 Å². The normalized spacial score (nSPS) is 11.9. The number of anilines is 1. The lowest BCUT2D eigenvalue weighted by atomic mass is 9.99. The largest absolute Gasteiger partial charge is 0.494 e. The first-order valence-electron chi connectivity index (χ1n) is 11.3. The van der Waals surface area contributed by atoms with Crippen molar-refractivity contribution in [3.63, 3.8) is 0 Å². The van der Waals surface area contributed by atoms with Crippen LogP contribution in [0.15, 0.2) is 71.2 Å². The van der Waals surface area contributed by atoms with Gasteiger partial charge in [-0.05, 0) is 72.7 Å². The molecule has 2 heterocycles. The molecule has 0 aliphatic rings. The van der Waals surface area contributed by atoms with Gasteiger partial charge in [0.2, 0.25) is 5.91 Å². The van der Waals surface area contributed by atoms with Gasteiger partial charge < -0.3 is 10.1 Å². The molecule has 34 heavy (non-hydrogen) atoms. The summed E-state index contributed by atoms with van der Waals surface area (Å²) in [6, 6.07) is 19.9. The summed E-state index contributed by atoms with van der Waals surface area (Å²) in [4.78, 5) is 13.7. The van der Waals surface area contributed by atoms with E-state index in [-0.39, 0.29) is 11.7 Å². The number of thiophene rings is 1. The smallest absolute Gasteiger partial charge is 0.234 e. The van der Waals surface area contributed by atoms with Crippen LogP contribution in [0.5, 0.6) is 5.75 Å². The van der Waals surface area contributed by atoms with Gasteiger partial charge in [0, 0.05) is 5.69 Å². The molecule has 1 amide bonds. The summed E-state index contributed by atoms with van der Waals surface area (Å²) in [5, 5.41) is 14.5. The second kappa shape index (κ2) is 11.4. The molecular weight excluding hydrogens is 464 g/mol. The number of hydrogen-bond acceptors (Lipinski definition) is 6. The lowest BCUT2D eigenvalue weighted by Crippen LogP contribution is -2.14. The first-order chi connectivity index (χ1) is 16.6. The number of thioether (sulfide) groups is 1. The molecule has 2 aromatic heterocycles. The summed E-state index contributed by atoms with van der Waals surface area (Å²) >= 11 is 2.97. The number of nitrogens with zero attached hydrogens (tertiary/aromatic N) is 3. The summed E-state index contributed by atoms with van der Waals surface area (Å²) in [5.74, 6) is 2.21. The molecule has 0 fully saturated rings. The van der Waals surface area contributed by atoms with E-state index in [1.54, 1.807) is 11.3 Å². The van der Waals surface area contributed by atoms with Crippen LogP contribution in [0.4, 0.5) is 5.69 Å². The number of amides is 1. The molecule has 176 valence electrons. The molecule has 0 aliphatic heterocycles. The molecular formula is C26H28N4O2S2. The molecule has 0 radical (unpaired) electrons. The third kappa shape index (κ3) is 5.69. The zero-order chi connectivity index (χ0) is 23.9. The molecule has 1 unspecified atom stereocenters. The maximum Gasteiger partial charge on any atom is 0.234 e. The number of rotatable bonds is 10. The van der Waals surface area contributed by atoms with Crippen molar-refractivity contribution in [3.05, 3.63) is 71.6 Å². The monoisotopic (exact) mass is 492 g/mol. The summed E-state index contributed by atoms with van der Waals surface area (Å²) in [5.41, 5.74) is 2.99. The van der Waals surface area contributed by atoms with Gasteiger partial charge in [-0.1, -0.05) is 43.8 Å². The van der Waals surface area contributed by atoms with Gasteiger partial charge in [0.1, 0.15) is 5.75 Å². The first kappa shape index (κ1) is 24.0. The third-order valence-electron chi connectivity index (χ3n) is 5.49. The van der Waals surface area contributed by atoms with Gasteiger partial charge in [-0.2, -0.15) is 0 Å². The molecule has 4 rings (SSSR count). The number of ether oxygens (including phenoxy) is 1. The highest BCUT2D eigenvalue weighted by Gasteiger charge is 2.18. The van der Waals surface area contributed by atoms with E-state index in [0.29, 0.717) is 17.7 Å². The summed E-state index contributed by atoms with van der Waals surface area (Å²) in [6.45, 7) is 6.95. The number of aromatic nitrogens is 3. The van der Waals surface area contributed by atoms with E-state index < -0.39 is 0 Å². The standard InChI is InChI=1S/C26H28N4O2S2/c1-4-18(3)19-8-10-20(11-9-19)27-24(31)17-34-26-29-28-25(23-7-6-16-33-23)30(26)21-12-14-22(15-13-21)32-5-2/h6-16,18H,4-5,17H2,1-3H3,(H,27,31). The van der Waals surface area contributed by atoms with Gasteiger partial charge in [0.25, 0.3) is 0 Å². The minimum absolute atomic E-state index is 0.0831. The Morgan fingerprint density at radius 3 is 2.50 bits per heavy atom. The summed E-state index contributed by atoms with van der Waals surface area (Å²) in [7, 11) is 0.